The molecule has 0 N–H and O–H groups in total. The molecule has 1 aliphatic rings. The molecule has 0 aliphatic carbocycles. The van der Waals surface area contributed by atoms with Crippen LogP contribution in [-0.4, -0.2) is 13.0 Å². The Morgan fingerprint density at radius 1 is 0.833 bits per heavy atom. The van der Waals surface area contributed by atoms with Crippen LogP contribution in [0.25, 0.3) is 12.2 Å². The quantitative estimate of drug-likeness (QED) is 0.678. The van der Waals surface area contributed by atoms with Crippen LogP contribution in [-0.2, 0) is 4.74 Å². The SMILES string of the molecule is COC1=Nc2ccccc2/C=C\c2ccccc21. The lowest BCUT2D eigenvalue weighted by Crippen LogP contribution is -2.06. The molecule has 0 radical (unpaired) electrons. The van der Waals surface area contributed by atoms with Gasteiger partial charge in [-0.2, -0.15) is 0 Å². The first kappa shape index (κ1) is 10.8. The Balaban J connectivity index is 2.25. The topological polar surface area (TPSA) is 21.6 Å². The van der Waals surface area contributed by atoms with Crippen molar-refractivity contribution in [2.24, 2.45) is 4.99 Å². The molecule has 0 amide bonds. The van der Waals surface area contributed by atoms with Gasteiger partial charge in [0.15, 0.2) is 0 Å². The average Bonchev–Trinajstić information content (AvgIpc) is 2.41. The summed E-state index contributed by atoms with van der Waals surface area (Å²) >= 11 is 0. The van der Waals surface area contributed by atoms with Gasteiger partial charge in [-0.15, -0.1) is 0 Å². The summed E-state index contributed by atoms with van der Waals surface area (Å²) < 4.78 is 5.43. The van der Waals surface area contributed by atoms with Gasteiger partial charge in [0, 0.05) is 11.1 Å². The van der Waals surface area contributed by atoms with Crippen molar-refractivity contribution >= 4 is 23.7 Å². The number of aliphatic imine (C=N–C) groups is 1. The molecule has 3 rings (SSSR count). The predicted octanol–water partition coefficient (Wildman–Crippen LogP) is 3.90. The molecule has 18 heavy (non-hydrogen) atoms. The van der Waals surface area contributed by atoms with Gasteiger partial charge in [0.25, 0.3) is 0 Å². The van der Waals surface area contributed by atoms with Crippen LogP contribution in [0.15, 0.2) is 53.5 Å². The molecule has 0 bridgehead atoms. The Labute approximate surface area is 106 Å². The summed E-state index contributed by atoms with van der Waals surface area (Å²) in [5, 5.41) is 0. The van der Waals surface area contributed by atoms with Gasteiger partial charge in [-0.3, -0.25) is 0 Å². The number of hydrogen-bond donors (Lipinski definition) is 0. The molecule has 1 aliphatic heterocycles. The van der Waals surface area contributed by atoms with Gasteiger partial charge >= 0.3 is 0 Å². The zero-order valence-corrected chi connectivity index (χ0v) is 10.1. The van der Waals surface area contributed by atoms with Crippen LogP contribution in [0.3, 0.4) is 0 Å². The molecular formula is C16H13NO. The standard InChI is InChI=1S/C16H13NO/c1-18-16-14-8-4-2-6-12(14)10-11-13-7-3-5-9-15(13)17-16/h2-11H,1H3/b11-10-,12-10?,13-11?,16-14?,17-15?,17-16?. The van der Waals surface area contributed by atoms with E-state index in [4.69, 9.17) is 4.74 Å². The first-order valence-electron chi connectivity index (χ1n) is 5.87. The number of ether oxygens (including phenoxy) is 1. The second-order valence-corrected chi connectivity index (χ2v) is 4.10. The molecule has 0 saturated heterocycles. The minimum Gasteiger partial charge on any atom is -0.481 e. The van der Waals surface area contributed by atoms with Crippen LogP contribution in [0.5, 0.6) is 0 Å². The van der Waals surface area contributed by atoms with Crippen LogP contribution >= 0.6 is 0 Å². The van der Waals surface area contributed by atoms with Crippen LogP contribution in [0.4, 0.5) is 5.69 Å². The average molecular weight is 235 g/mol. The van der Waals surface area contributed by atoms with E-state index in [1.807, 2.05) is 36.4 Å². The van der Waals surface area contributed by atoms with E-state index >= 15 is 0 Å². The van der Waals surface area contributed by atoms with Crippen LogP contribution < -0.4 is 0 Å². The van der Waals surface area contributed by atoms with Crippen LogP contribution in [0, 0.1) is 0 Å². The number of benzene rings is 2. The number of rotatable bonds is 0. The van der Waals surface area contributed by atoms with Crippen molar-refractivity contribution in [1.82, 2.24) is 0 Å². The van der Waals surface area contributed by atoms with Gasteiger partial charge in [-0.1, -0.05) is 48.6 Å². The van der Waals surface area contributed by atoms with E-state index < -0.39 is 0 Å². The number of hydrogen-bond acceptors (Lipinski definition) is 2. The third-order valence-electron chi connectivity index (χ3n) is 2.99. The molecule has 1 heterocycles. The number of methoxy groups -OCH3 is 1. The fourth-order valence-corrected chi connectivity index (χ4v) is 2.07. The summed E-state index contributed by atoms with van der Waals surface area (Å²) in [5.41, 5.74) is 4.17. The molecule has 0 atom stereocenters. The lowest BCUT2D eigenvalue weighted by atomic mass is 10.0. The van der Waals surface area contributed by atoms with Crippen molar-refractivity contribution in [1.29, 1.82) is 0 Å². The summed E-state index contributed by atoms with van der Waals surface area (Å²) in [6.07, 6.45) is 4.19. The second-order valence-electron chi connectivity index (χ2n) is 4.10. The van der Waals surface area contributed by atoms with E-state index in [1.165, 1.54) is 0 Å². The van der Waals surface area contributed by atoms with Gasteiger partial charge in [0.2, 0.25) is 5.90 Å². The highest BCUT2D eigenvalue weighted by atomic mass is 16.5. The monoisotopic (exact) mass is 235 g/mol. The molecule has 2 heteroatoms. The second kappa shape index (κ2) is 4.49. The van der Waals surface area contributed by atoms with E-state index in [9.17, 15) is 0 Å². The zero-order valence-electron chi connectivity index (χ0n) is 10.1. The Bertz CT molecular complexity index is 641. The molecule has 88 valence electrons. The summed E-state index contributed by atoms with van der Waals surface area (Å²) in [4.78, 5) is 4.60. The highest BCUT2D eigenvalue weighted by molar-refractivity contribution is 6.01. The minimum atomic E-state index is 0.655. The molecule has 2 aromatic carbocycles. The maximum Gasteiger partial charge on any atom is 0.221 e. The first-order chi connectivity index (χ1) is 8.88. The fraction of sp³-hybridized carbons (Fsp3) is 0.0625. The summed E-state index contributed by atoms with van der Waals surface area (Å²) in [5.74, 6) is 0.655. The summed E-state index contributed by atoms with van der Waals surface area (Å²) in [6.45, 7) is 0. The molecule has 0 spiro atoms. The van der Waals surface area contributed by atoms with E-state index in [1.54, 1.807) is 7.11 Å². The zero-order chi connectivity index (χ0) is 12.4. The Morgan fingerprint density at radius 2 is 1.50 bits per heavy atom. The Hall–Kier alpha value is -2.35. The van der Waals surface area contributed by atoms with Crippen molar-refractivity contribution in [2.75, 3.05) is 7.11 Å². The molecule has 0 unspecified atom stereocenters. The highest BCUT2D eigenvalue weighted by Gasteiger charge is 2.11. The van der Waals surface area contributed by atoms with Gasteiger partial charge in [-0.05, 0) is 17.7 Å². The molecular weight excluding hydrogens is 222 g/mol. The Kier molecular flexibility index (Phi) is 2.69. The van der Waals surface area contributed by atoms with E-state index in [0.717, 1.165) is 22.4 Å². The molecule has 2 aromatic rings. The molecule has 0 saturated carbocycles. The van der Waals surface area contributed by atoms with Crippen molar-refractivity contribution in [3.05, 3.63) is 65.2 Å². The van der Waals surface area contributed by atoms with Gasteiger partial charge < -0.3 is 4.74 Å². The van der Waals surface area contributed by atoms with Crippen molar-refractivity contribution in [3.8, 4) is 0 Å². The lowest BCUT2D eigenvalue weighted by Gasteiger charge is -2.12. The molecule has 0 fully saturated rings. The third kappa shape index (κ3) is 1.82. The Morgan fingerprint density at radius 3 is 2.33 bits per heavy atom. The maximum atomic E-state index is 5.43. The largest absolute Gasteiger partial charge is 0.481 e. The van der Waals surface area contributed by atoms with Crippen molar-refractivity contribution in [3.63, 3.8) is 0 Å². The first-order valence-corrected chi connectivity index (χ1v) is 5.87. The number of fused-ring (bicyclic) bond motifs is 2. The predicted molar refractivity (Wildman–Crippen MR) is 75.0 cm³/mol. The highest BCUT2D eigenvalue weighted by Crippen LogP contribution is 2.26. The smallest absolute Gasteiger partial charge is 0.221 e. The third-order valence-corrected chi connectivity index (χ3v) is 2.99. The number of para-hydroxylation sites is 1. The van der Waals surface area contributed by atoms with Crippen LogP contribution in [0.1, 0.15) is 16.7 Å². The maximum absolute atomic E-state index is 5.43. The van der Waals surface area contributed by atoms with Gasteiger partial charge in [0.1, 0.15) is 0 Å². The number of nitrogens with zero attached hydrogens (tertiary/aromatic N) is 1. The molecule has 2 nitrogen and oxygen atoms in total. The summed E-state index contributed by atoms with van der Waals surface area (Å²) in [7, 11) is 1.66. The van der Waals surface area contributed by atoms with Gasteiger partial charge in [0.05, 0.1) is 12.8 Å². The summed E-state index contributed by atoms with van der Waals surface area (Å²) in [6, 6.07) is 16.1. The van der Waals surface area contributed by atoms with Crippen LogP contribution in [0.2, 0.25) is 0 Å². The van der Waals surface area contributed by atoms with Gasteiger partial charge in [-0.25, -0.2) is 4.99 Å². The van der Waals surface area contributed by atoms with Crippen molar-refractivity contribution in [2.45, 2.75) is 0 Å². The minimum absolute atomic E-state index is 0.655. The lowest BCUT2D eigenvalue weighted by molar-refractivity contribution is 0.405. The fourth-order valence-electron chi connectivity index (χ4n) is 2.07. The van der Waals surface area contributed by atoms with Crippen molar-refractivity contribution < 1.29 is 4.74 Å². The molecule has 0 aromatic heterocycles. The normalized spacial score (nSPS) is 14.6. The van der Waals surface area contributed by atoms with E-state index in [-0.39, 0.29) is 0 Å². The van der Waals surface area contributed by atoms with E-state index in [2.05, 4.69) is 29.3 Å². The van der Waals surface area contributed by atoms with E-state index in [0.29, 0.717) is 5.90 Å².